The average Bonchev–Trinajstić information content (AvgIpc) is 2.70. The summed E-state index contributed by atoms with van der Waals surface area (Å²) in [5.41, 5.74) is 1.06. The predicted molar refractivity (Wildman–Crippen MR) is 127 cm³/mol. The lowest BCUT2D eigenvalue weighted by molar-refractivity contribution is -0.385. The average molecular weight is 598 g/mol. The molecule has 0 aliphatic rings. The number of carbonyl (C=O) groups is 1. The lowest BCUT2D eigenvalue weighted by Gasteiger charge is -2.08. The minimum Gasteiger partial charge on any atom is -0.288 e. The first-order valence-corrected chi connectivity index (χ1v) is 11.4. The van der Waals surface area contributed by atoms with Crippen LogP contribution in [0.3, 0.4) is 0 Å². The Bertz CT molecular complexity index is 1100. The molecule has 0 radical (unpaired) electrons. The third-order valence-electron chi connectivity index (χ3n) is 3.84. The van der Waals surface area contributed by atoms with E-state index in [0.717, 1.165) is 13.8 Å². The maximum absolute atomic E-state index is 13.2. The minimum absolute atomic E-state index is 0.0529. The van der Waals surface area contributed by atoms with Gasteiger partial charge in [-0.15, -0.1) is 0 Å². The molecule has 0 aliphatic heterocycles. The molecule has 0 spiro atoms. The third-order valence-corrected chi connectivity index (χ3v) is 6.60. The number of nitro groups is 1. The molecule has 0 saturated heterocycles. The van der Waals surface area contributed by atoms with Crippen molar-refractivity contribution < 1.29 is 9.72 Å². The van der Waals surface area contributed by atoms with E-state index >= 15 is 0 Å². The van der Waals surface area contributed by atoms with Gasteiger partial charge < -0.3 is 0 Å². The first-order chi connectivity index (χ1) is 13.8. The van der Waals surface area contributed by atoms with Crippen LogP contribution in [0.2, 0.25) is 0 Å². The molecule has 0 unspecified atom stereocenters. The minimum atomic E-state index is -0.459. The molecule has 0 amide bonds. The maximum atomic E-state index is 13.2. The molecule has 0 fully saturated rings. The van der Waals surface area contributed by atoms with Crippen LogP contribution in [0.5, 0.6) is 0 Å². The van der Waals surface area contributed by atoms with Crippen LogP contribution in [0.4, 0.5) is 5.69 Å². The van der Waals surface area contributed by atoms with Crippen molar-refractivity contribution in [2.75, 3.05) is 0 Å². The highest BCUT2D eigenvalue weighted by atomic mass is 79.9. The van der Waals surface area contributed by atoms with Gasteiger partial charge in [0, 0.05) is 25.5 Å². The normalized spacial score (nSPS) is 11.3. The Morgan fingerprint density at radius 1 is 0.897 bits per heavy atom. The van der Waals surface area contributed by atoms with Gasteiger partial charge in [0.2, 0.25) is 0 Å². The van der Waals surface area contributed by atoms with E-state index in [2.05, 4.69) is 47.8 Å². The van der Waals surface area contributed by atoms with Crippen LogP contribution in [-0.4, -0.2) is 10.7 Å². The molecule has 3 rings (SSSR count). The molecule has 3 aromatic rings. The van der Waals surface area contributed by atoms with E-state index in [-0.39, 0.29) is 11.5 Å². The van der Waals surface area contributed by atoms with Crippen LogP contribution in [-0.2, 0) is 0 Å². The molecule has 0 bridgehead atoms. The number of Topliss-reactive ketones (excluding diaryl/α,β-unsaturated/α-hetero) is 1. The summed E-state index contributed by atoms with van der Waals surface area (Å²) in [6.07, 6.45) is 1.68. The zero-order valence-corrected chi connectivity index (χ0v) is 20.2. The van der Waals surface area contributed by atoms with E-state index in [1.54, 1.807) is 42.5 Å². The number of nitrogens with zero attached hydrogens (tertiary/aromatic N) is 1. The zero-order chi connectivity index (χ0) is 21.0. The molecule has 0 atom stereocenters. The van der Waals surface area contributed by atoms with E-state index in [4.69, 9.17) is 0 Å². The summed E-state index contributed by atoms with van der Waals surface area (Å²) in [5, 5.41) is 11.2. The Morgan fingerprint density at radius 3 is 2.07 bits per heavy atom. The number of hydrogen-bond acceptors (Lipinski definition) is 4. The van der Waals surface area contributed by atoms with Gasteiger partial charge in [0.05, 0.1) is 14.3 Å². The summed E-state index contributed by atoms with van der Waals surface area (Å²) in [6.45, 7) is 0. The van der Waals surface area contributed by atoms with Crippen LogP contribution < -0.4 is 0 Å². The van der Waals surface area contributed by atoms with Gasteiger partial charge in [-0.25, -0.2) is 0 Å². The van der Waals surface area contributed by atoms with Gasteiger partial charge in [-0.05, 0) is 82.2 Å². The SMILES string of the molecule is O=C(/C(=C\c1ccc(Br)c([N+](=O)[O-])c1)Sc1ccc(Br)cc1)c1ccc(Br)cc1. The largest absolute Gasteiger partial charge is 0.288 e. The standard InChI is InChI=1S/C21H12Br3NO3S/c22-15-4-2-14(3-5-15)21(26)20(29-17-8-6-16(23)7-9-17)12-13-1-10-18(24)19(11-13)25(27)28/h1-12H/b20-12+. The molecule has 3 aromatic carbocycles. The summed E-state index contributed by atoms with van der Waals surface area (Å²) >= 11 is 11.3. The Hall–Kier alpha value is -1.74. The number of allylic oxidation sites excluding steroid dienone is 1. The molecule has 0 aliphatic carbocycles. The number of hydrogen-bond donors (Lipinski definition) is 0. The highest BCUT2D eigenvalue weighted by molar-refractivity contribution is 9.11. The molecule has 146 valence electrons. The van der Waals surface area contributed by atoms with E-state index in [1.165, 1.54) is 17.8 Å². The van der Waals surface area contributed by atoms with Crippen molar-refractivity contribution >= 4 is 77.1 Å². The van der Waals surface area contributed by atoms with Crippen LogP contribution in [0, 0.1) is 10.1 Å². The number of thioether (sulfide) groups is 1. The fraction of sp³-hybridized carbons (Fsp3) is 0. The monoisotopic (exact) mass is 595 g/mol. The molecule has 0 saturated carbocycles. The van der Waals surface area contributed by atoms with Crippen LogP contribution in [0.15, 0.2) is 89.9 Å². The van der Waals surface area contributed by atoms with Crippen molar-refractivity contribution in [1.82, 2.24) is 0 Å². The van der Waals surface area contributed by atoms with E-state index < -0.39 is 4.92 Å². The predicted octanol–water partition coefficient (Wildman–Crippen LogP) is 7.90. The fourth-order valence-electron chi connectivity index (χ4n) is 2.43. The number of halogens is 3. The lowest BCUT2D eigenvalue weighted by Crippen LogP contribution is -2.01. The first-order valence-electron chi connectivity index (χ1n) is 8.23. The first kappa shape index (κ1) is 22.0. The van der Waals surface area contributed by atoms with Gasteiger partial charge in [-0.1, -0.05) is 49.7 Å². The molecular formula is C21H12Br3NO3S. The molecule has 8 heteroatoms. The fourth-order valence-corrected chi connectivity index (χ4v) is 4.28. The molecular weight excluding hydrogens is 586 g/mol. The number of carbonyl (C=O) groups excluding carboxylic acids is 1. The van der Waals surface area contributed by atoms with Crippen molar-refractivity contribution in [3.63, 3.8) is 0 Å². The second-order valence-electron chi connectivity index (χ2n) is 5.87. The molecule has 0 aromatic heterocycles. The van der Waals surface area contributed by atoms with Crippen molar-refractivity contribution in [2.24, 2.45) is 0 Å². The quantitative estimate of drug-likeness (QED) is 0.0953. The third kappa shape index (κ3) is 5.88. The Labute approximate surface area is 196 Å². The highest BCUT2D eigenvalue weighted by Gasteiger charge is 2.17. The van der Waals surface area contributed by atoms with E-state index in [9.17, 15) is 14.9 Å². The second-order valence-corrected chi connectivity index (χ2v) is 9.67. The van der Waals surface area contributed by atoms with Gasteiger partial charge >= 0.3 is 0 Å². The van der Waals surface area contributed by atoms with E-state index in [0.29, 0.717) is 20.5 Å². The molecule has 29 heavy (non-hydrogen) atoms. The summed E-state index contributed by atoms with van der Waals surface area (Å²) in [6, 6.07) is 19.5. The molecule has 0 heterocycles. The topological polar surface area (TPSA) is 60.2 Å². The molecule has 0 N–H and O–H groups in total. The summed E-state index contributed by atoms with van der Waals surface area (Å²) in [7, 11) is 0. The van der Waals surface area contributed by atoms with Crippen LogP contribution in [0.1, 0.15) is 15.9 Å². The van der Waals surface area contributed by atoms with Gasteiger partial charge in [-0.2, -0.15) is 0 Å². The van der Waals surface area contributed by atoms with Gasteiger partial charge in [0.25, 0.3) is 5.69 Å². The second kappa shape index (κ2) is 9.84. The van der Waals surface area contributed by atoms with Gasteiger partial charge in [-0.3, -0.25) is 14.9 Å². The Balaban J connectivity index is 2.04. The smallest absolute Gasteiger partial charge is 0.284 e. The van der Waals surface area contributed by atoms with Gasteiger partial charge in [0.15, 0.2) is 5.78 Å². The Kier molecular flexibility index (Phi) is 7.45. The Morgan fingerprint density at radius 2 is 1.48 bits per heavy atom. The zero-order valence-electron chi connectivity index (χ0n) is 14.6. The lowest BCUT2D eigenvalue weighted by atomic mass is 10.1. The van der Waals surface area contributed by atoms with Crippen molar-refractivity contribution in [3.8, 4) is 0 Å². The van der Waals surface area contributed by atoms with Crippen LogP contribution >= 0.6 is 59.6 Å². The van der Waals surface area contributed by atoms with Crippen LogP contribution in [0.25, 0.3) is 6.08 Å². The van der Waals surface area contributed by atoms with Gasteiger partial charge in [0.1, 0.15) is 0 Å². The van der Waals surface area contributed by atoms with Crippen molar-refractivity contribution in [1.29, 1.82) is 0 Å². The maximum Gasteiger partial charge on any atom is 0.284 e. The number of nitro benzene ring substituents is 1. The number of rotatable bonds is 6. The van der Waals surface area contributed by atoms with Crippen molar-refractivity contribution in [2.45, 2.75) is 4.90 Å². The van der Waals surface area contributed by atoms with E-state index in [1.807, 2.05) is 24.3 Å². The molecule has 4 nitrogen and oxygen atoms in total. The summed E-state index contributed by atoms with van der Waals surface area (Å²) < 4.78 is 2.21. The number of benzene rings is 3. The summed E-state index contributed by atoms with van der Waals surface area (Å²) in [5.74, 6) is -0.156. The van der Waals surface area contributed by atoms with Crippen molar-refractivity contribution in [3.05, 3.63) is 106 Å². The number of ketones is 1. The highest BCUT2D eigenvalue weighted by Crippen LogP contribution is 2.33. The summed E-state index contributed by atoms with van der Waals surface area (Å²) in [4.78, 5) is 25.3.